The summed E-state index contributed by atoms with van der Waals surface area (Å²) >= 11 is 12.3. The Hall–Kier alpha value is -0.100. The number of rotatable bonds is 6. The van der Waals surface area contributed by atoms with Gasteiger partial charge in [-0.3, -0.25) is 9.69 Å². The average Bonchev–Trinajstić information content (AvgIpc) is 2.71. The van der Waals surface area contributed by atoms with E-state index in [-0.39, 0.29) is 18.4 Å². The van der Waals surface area contributed by atoms with Gasteiger partial charge in [-0.25, -0.2) is 0 Å². The minimum absolute atomic E-state index is 0.0721. The molecule has 1 heterocycles. The van der Waals surface area contributed by atoms with Crippen molar-refractivity contribution in [2.24, 2.45) is 5.92 Å². The zero-order valence-corrected chi connectivity index (χ0v) is 13.6. The van der Waals surface area contributed by atoms with Crippen LogP contribution in [0.3, 0.4) is 0 Å². The van der Waals surface area contributed by atoms with Crippen molar-refractivity contribution in [3.63, 3.8) is 0 Å². The maximum absolute atomic E-state index is 12.2. The Morgan fingerprint density at radius 3 is 2.95 bits per heavy atom. The number of thiocarbonyl (C=S) groups is 1. The fourth-order valence-electron chi connectivity index (χ4n) is 1.88. The van der Waals surface area contributed by atoms with E-state index in [0.29, 0.717) is 22.5 Å². The van der Waals surface area contributed by atoms with Crippen molar-refractivity contribution in [1.82, 2.24) is 4.90 Å². The maximum atomic E-state index is 12.2. The van der Waals surface area contributed by atoms with Crippen LogP contribution in [0.25, 0.3) is 0 Å². The molecule has 1 aliphatic rings. The zero-order valence-electron chi connectivity index (χ0n) is 11.2. The van der Waals surface area contributed by atoms with Crippen LogP contribution >= 0.6 is 35.6 Å². The summed E-state index contributed by atoms with van der Waals surface area (Å²) in [6.45, 7) is 4.16. The minimum atomic E-state index is -0.767. The van der Waals surface area contributed by atoms with E-state index in [2.05, 4.69) is 13.8 Å². The molecule has 108 valence electrons. The molecule has 1 saturated heterocycles. The van der Waals surface area contributed by atoms with Gasteiger partial charge in [-0.15, -0.1) is 11.6 Å². The lowest BCUT2D eigenvalue weighted by molar-refractivity contribution is -0.130. The largest absolute Gasteiger partial charge is 0.389 e. The van der Waals surface area contributed by atoms with E-state index in [9.17, 15) is 9.90 Å². The monoisotopic (exact) mass is 321 g/mol. The van der Waals surface area contributed by atoms with Crippen LogP contribution in [0.15, 0.2) is 12.2 Å². The zero-order chi connectivity index (χ0) is 14.4. The highest BCUT2D eigenvalue weighted by molar-refractivity contribution is 8.23. The van der Waals surface area contributed by atoms with Crippen molar-refractivity contribution in [3.8, 4) is 0 Å². The number of carbonyl (C=O) groups excluding carboxylic acids is 1. The first-order valence-corrected chi connectivity index (χ1v) is 8.29. The molecule has 1 amide bonds. The Morgan fingerprint density at radius 2 is 2.37 bits per heavy atom. The van der Waals surface area contributed by atoms with Crippen molar-refractivity contribution in [1.29, 1.82) is 0 Å². The summed E-state index contributed by atoms with van der Waals surface area (Å²) in [6.07, 6.45) is 3.41. The van der Waals surface area contributed by atoms with Crippen LogP contribution in [0, 0.1) is 5.92 Å². The lowest BCUT2D eigenvalue weighted by Crippen LogP contribution is -2.42. The number of halogens is 1. The second-order valence-electron chi connectivity index (χ2n) is 4.83. The van der Waals surface area contributed by atoms with Crippen LogP contribution in [0.4, 0.5) is 0 Å². The number of aliphatic hydroxyl groups excluding tert-OH is 1. The van der Waals surface area contributed by atoms with Crippen LogP contribution in [-0.2, 0) is 4.79 Å². The first kappa shape index (κ1) is 17.0. The van der Waals surface area contributed by atoms with E-state index in [1.807, 2.05) is 0 Å². The van der Waals surface area contributed by atoms with Gasteiger partial charge in [0.2, 0.25) is 5.91 Å². The fourth-order valence-corrected chi connectivity index (χ4v) is 3.67. The number of hydrogen-bond acceptors (Lipinski definition) is 4. The van der Waals surface area contributed by atoms with Gasteiger partial charge in [0.05, 0.1) is 12.5 Å². The number of hydrogen-bond donors (Lipinski definition) is 1. The highest BCUT2D eigenvalue weighted by Gasteiger charge is 2.35. The summed E-state index contributed by atoms with van der Waals surface area (Å²) in [5.74, 6) is 1.62. The Balaban J connectivity index is 2.58. The predicted molar refractivity (Wildman–Crippen MR) is 85.6 cm³/mol. The predicted octanol–water partition coefficient (Wildman–Crippen LogP) is 2.81. The van der Waals surface area contributed by atoms with Crippen LogP contribution in [0.5, 0.6) is 0 Å². The van der Waals surface area contributed by atoms with Crippen LogP contribution in [-0.4, -0.2) is 44.0 Å². The molecule has 0 bridgehead atoms. The van der Waals surface area contributed by atoms with Gasteiger partial charge in [0.1, 0.15) is 4.32 Å². The Labute approximate surface area is 129 Å². The van der Waals surface area contributed by atoms with E-state index in [1.54, 1.807) is 17.1 Å². The van der Waals surface area contributed by atoms with E-state index >= 15 is 0 Å². The Morgan fingerprint density at radius 1 is 1.68 bits per heavy atom. The van der Waals surface area contributed by atoms with Gasteiger partial charge in [0.15, 0.2) is 0 Å². The Kier molecular flexibility index (Phi) is 7.36. The van der Waals surface area contributed by atoms with Crippen molar-refractivity contribution in [2.75, 3.05) is 11.6 Å². The molecule has 0 saturated carbocycles. The van der Waals surface area contributed by atoms with Gasteiger partial charge in [-0.05, 0) is 12.3 Å². The second-order valence-corrected chi connectivity index (χ2v) is 6.86. The number of carbonyl (C=O) groups is 1. The van der Waals surface area contributed by atoms with E-state index in [4.69, 9.17) is 23.8 Å². The molecule has 1 aliphatic heterocycles. The maximum Gasteiger partial charge on any atom is 0.231 e. The molecule has 0 aromatic rings. The molecule has 0 aromatic heterocycles. The van der Waals surface area contributed by atoms with Crippen LogP contribution in [0.1, 0.15) is 26.7 Å². The van der Waals surface area contributed by atoms with E-state index in [0.717, 1.165) is 5.75 Å². The third-order valence-electron chi connectivity index (χ3n) is 2.96. The van der Waals surface area contributed by atoms with Gasteiger partial charge in [-0.2, -0.15) is 0 Å². The third kappa shape index (κ3) is 5.06. The van der Waals surface area contributed by atoms with Gasteiger partial charge < -0.3 is 5.11 Å². The van der Waals surface area contributed by atoms with Crippen molar-refractivity contribution < 1.29 is 9.90 Å². The smallest absolute Gasteiger partial charge is 0.231 e. The minimum Gasteiger partial charge on any atom is -0.389 e. The highest BCUT2D eigenvalue weighted by atomic mass is 35.5. The molecule has 0 aromatic carbocycles. The number of alkyl halides is 1. The van der Waals surface area contributed by atoms with E-state index < -0.39 is 6.10 Å². The van der Waals surface area contributed by atoms with Gasteiger partial charge >= 0.3 is 0 Å². The summed E-state index contributed by atoms with van der Waals surface area (Å²) in [5.41, 5.74) is 0. The summed E-state index contributed by atoms with van der Waals surface area (Å²) in [7, 11) is 0. The molecule has 6 heteroatoms. The molecule has 0 radical (unpaired) electrons. The number of thioether (sulfide) groups is 1. The first-order chi connectivity index (χ1) is 8.97. The van der Waals surface area contributed by atoms with E-state index in [1.165, 1.54) is 11.8 Å². The van der Waals surface area contributed by atoms with Crippen molar-refractivity contribution in [3.05, 3.63) is 12.2 Å². The first-order valence-electron chi connectivity index (χ1n) is 6.36. The number of allylic oxidation sites excluding steroid dienone is 1. The standard InChI is InChI=1S/C13H20ClNO2S2/c1-9(2)11-8-19-13(18)15(11)12(17)7-10(16)5-3-4-6-14/h3,5,9-11,16H,4,6-8H2,1-2H3/b5-3+. The van der Waals surface area contributed by atoms with Gasteiger partial charge in [0, 0.05) is 17.7 Å². The molecule has 1 fully saturated rings. The highest BCUT2D eigenvalue weighted by Crippen LogP contribution is 2.29. The molecular formula is C13H20ClNO2S2. The SMILES string of the molecule is CC(C)C1CSC(=S)N1C(=O)CC(O)/C=C/CCCl. The third-order valence-corrected chi connectivity index (χ3v) is 4.68. The summed E-state index contributed by atoms with van der Waals surface area (Å²) in [4.78, 5) is 13.9. The molecule has 1 N–H and O–H groups in total. The summed E-state index contributed by atoms with van der Waals surface area (Å²) in [6, 6.07) is 0.143. The Bertz CT molecular complexity index is 361. The van der Waals surface area contributed by atoms with Crippen LogP contribution in [0.2, 0.25) is 0 Å². The molecule has 2 atom stereocenters. The summed E-state index contributed by atoms with van der Waals surface area (Å²) in [5, 5.41) is 9.79. The number of nitrogens with zero attached hydrogens (tertiary/aromatic N) is 1. The molecule has 1 rings (SSSR count). The summed E-state index contributed by atoms with van der Waals surface area (Å²) < 4.78 is 0.626. The van der Waals surface area contributed by atoms with Crippen molar-refractivity contribution in [2.45, 2.75) is 38.8 Å². The quantitative estimate of drug-likeness (QED) is 0.464. The molecule has 0 spiro atoms. The molecule has 0 aliphatic carbocycles. The van der Waals surface area contributed by atoms with Gasteiger partial charge in [0.25, 0.3) is 0 Å². The molecule has 3 nitrogen and oxygen atoms in total. The lowest BCUT2D eigenvalue weighted by atomic mass is 10.0. The molecule has 2 unspecified atom stereocenters. The molecule has 19 heavy (non-hydrogen) atoms. The topological polar surface area (TPSA) is 40.5 Å². The van der Waals surface area contributed by atoms with Gasteiger partial charge in [-0.1, -0.05) is 50.0 Å². The average molecular weight is 322 g/mol. The normalized spacial score (nSPS) is 21.6. The number of aliphatic hydroxyl groups is 1. The number of amides is 1. The van der Waals surface area contributed by atoms with Crippen LogP contribution < -0.4 is 0 Å². The van der Waals surface area contributed by atoms with Crippen molar-refractivity contribution >= 4 is 45.8 Å². The lowest BCUT2D eigenvalue weighted by Gasteiger charge is -2.27. The fraction of sp³-hybridized carbons (Fsp3) is 0.692. The second kappa shape index (κ2) is 8.25. The molecular weight excluding hydrogens is 302 g/mol.